The van der Waals surface area contributed by atoms with Crippen molar-refractivity contribution in [3.05, 3.63) is 34.6 Å². The van der Waals surface area contributed by atoms with E-state index < -0.39 is 0 Å². The summed E-state index contributed by atoms with van der Waals surface area (Å²) in [4.78, 5) is 14.3. The number of nitrogens with two attached hydrogens (primary N) is 1. The first-order valence-electron chi connectivity index (χ1n) is 11.3. The molecule has 2 fully saturated rings. The molecule has 2 aromatic heterocycles. The molecule has 0 bridgehead atoms. The van der Waals surface area contributed by atoms with Gasteiger partial charge in [-0.25, -0.2) is 4.98 Å². The molecule has 2 heterocycles. The zero-order valence-corrected chi connectivity index (χ0v) is 19.3. The first kappa shape index (κ1) is 21.6. The molecule has 0 radical (unpaired) electrons. The van der Waals surface area contributed by atoms with Gasteiger partial charge in [-0.1, -0.05) is 36.0 Å². The monoisotopic (exact) mass is 474 g/mol. The molecule has 0 atom stereocenters. The van der Waals surface area contributed by atoms with Crippen LogP contribution in [-0.4, -0.2) is 31.6 Å². The number of benzene rings is 1. The molecule has 1 aromatic carbocycles. The van der Waals surface area contributed by atoms with Gasteiger partial charge in [0.15, 0.2) is 17.0 Å². The lowest BCUT2D eigenvalue weighted by Crippen LogP contribution is -2.33. The first-order valence-corrected chi connectivity index (χ1v) is 12.1. The maximum atomic E-state index is 6.31. The summed E-state index contributed by atoms with van der Waals surface area (Å²) >= 11 is 12.3. The quantitative estimate of drug-likeness (QED) is 0.355. The Labute approximate surface area is 197 Å². The molecule has 5 rings (SSSR count). The Hall–Kier alpha value is -2.29. The van der Waals surface area contributed by atoms with E-state index in [-0.39, 0.29) is 0 Å². The molecule has 0 saturated heterocycles. The summed E-state index contributed by atoms with van der Waals surface area (Å²) in [5, 5.41) is 4.63. The van der Waals surface area contributed by atoms with Crippen molar-refractivity contribution in [2.45, 2.75) is 69.5 Å². The van der Waals surface area contributed by atoms with Gasteiger partial charge in [0.1, 0.15) is 0 Å². The summed E-state index contributed by atoms with van der Waals surface area (Å²) in [6.07, 6.45) is 10.7. The van der Waals surface area contributed by atoms with Gasteiger partial charge in [0.25, 0.3) is 0 Å². The summed E-state index contributed by atoms with van der Waals surface area (Å²) in [5.74, 6) is 1.21. The number of hydrogen-bond acceptors (Lipinski definition) is 7. The topological polar surface area (TPSA) is 106 Å². The predicted molar refractivity (Wildman–Crippen MR) is 130 cm³/mol. The summed E-state index contributed by atoms with van der Waals surface area (Å²) in [6, 6.07) is 6.34. The van der Waals surface area contributed by atoms with Gasteiger partial charge in [0.2, 0.25) is 5.95 Å². The van der Waals surface area contributed by atoms with Crippen LogP contribution >= 0.6 is 23.2 Å². The van der Waals surface area contributed by atoms with Crippen molar-refractivity contribution in [3.8, 4) is 0 Å². The van der Waals surface area contributed by atoms with Crippen LogP contribution in [0.3, 0.4) is 0 Å². The minimum atomic E-state index is 0.297. The number of imidazole rings is 1. The highest BCUT2D eigenvalue weighted by Crippen LogP contribution is 2.33. The third kappa shape index (κ3) is 4.58. The second-order valence-corrected chi connectivity index (χ2v) is 9.63. The summed E-state index contributed by atoms with van der Waals surface area (Å²) in [6.45, 7) is 0. The molecule has 2 aliphatic carbocycles. The van der Waals surface area contributed by atoms with E-state index in [1.54, 1.807) is 12.1 Å². The molecule has 5 N–H and O–H groups in total. The largest absolute Gasteiger partial charge is 0.351 e. The average Bonchev–Trinajstić information content (AvgIpc) is 3.44. The standard InChI is InChI=1S/C22H28Cl2N8/c23-13-5-10-18(17(24)11-13)30-31-20-19-21(32(12-26-19)16-3-1-2-4-16)29-22(28-20)27-15-8-6-14(25)7-9-15/h5,10-12,14-16,30H,1-4,6-9,25H2,(H2,27,28,29,31)/t14-,15-. The van der Waals surface area contributed by atoms with Gasteiger partial charge in [-0.2, -0.15) is 9.97 Å². The highest BCUT2D eigenvalue weighted by atomic mass is 35.5. The van der Waals surface area contributed by atoms with E-state index in [1.807, 2.05) is 12.4 Å². The van der Waals surface area contributed by atoms with Crippen molar-refractivity contribution < 1.29 is 0 Å². The molecule has 8 nitrogen and oxygen atoms in total. The number of hydrazine groups is 1. The van der Waals surface area contributed by atoms with Crippen LogP contribution in [0.2, 0.25) is 10.0 Å². The Kier molecular flexibility index (Phi) is 6.26. The SMILES string of the molecule is N[C@H]1CC[C@H](Nc2nc(NNc3ccc(Cl)cc3Cl)c3ncn(C4CCCC4)c3n2)CC1. The maximum absolute atomic E-state index is 6.31. The Morgan fingerprint density at radius 2 is 1.75 bits per heavy atom. The number of aromatic nitrogens is 4. The summed E-state index contributed by atoms with van der Waals surface area (Å²) in [7, 11) is 0. The van der Waals surface area contributed by atoms with E-state index >= 15 is 0 Å². The van der Waals surface area contributed by atoms with Gasteiger partial charge >= 0.3 is 0 Å². The predicted octanol–water partition coefficient (Wildman–Crippen LogP) is 5.37. The van der Waals surface area contributed by atoms with Gasteiger partial charge < -0.3 is 15.6 Å². The molecule has 170 valence electrons. The van der Waals surface area contributed by atoms with Crippen LogP contribution in [-0.2, 0) is 0 Å². The third-order valence-corrected chi connectivity index (χ3v) is 7.04. The fourth-order valence-corrected chi connectivity index (χ4v) is 5.14. The summed E-state index contributed by atoms with van der Waals surface area (Å²) < 4.78 is 2.20. The number of fused-ring (bicyclic) bond motifs is 1. The van der Waals surface area contributed by atoms with Crippen molar-refractivity contribution in [1.29, 1.82) is 0 Å². The number of nitrogens with one attached hydrogen (secondary N) is 3. The fraction of sp³-hybridized carbons (Fsp3) is 0.500. The molecular weight excluding hydrogens is 447 g/mol. The lowest BCUT2D eigenvalue weighted by molar-refractivity contribution is 0.410. The van der Waals surface area contributed by atoms with E-state index in [1.165, 1.54) is 12.8 Å². The van der Waals surface area contributed by atoms with E-state index in [0.29, 0.717) is 45.6 Å². The van der Waals surface area contributed by atoms with Crippen molar-refractivity contribution in [3.63, 3.8) is 0 Å². The van der Waals surface area contributed by atoms with Crippen molar-refractivity contribution in [2.24, 2.45) is 5.73 Å². The average molecular weight is 475 g/mol. The Morgan fingerprint density at radius 1 is 0.969 bits per heavy atom. The van der Waals surface area contributed by atoms with Crippen molar-refractivity contribution in [1.82, 2.24) is 19.5 Å². The van der Waals surface area contributed by atoms with E-state index in [4.69, 9.17) is 38.9 Å². The molecule has 0 amide bonds. The molecular formula is C22H28Cl2N8. The fourth-order valence-electron chi connectivity index (χ4n) is 4.68. The smallest absolute Gasteiger partial charge is 0.227 e. The van der Waals surface area contributed by atoms with Crippen LogP contribution in [0, 0.1) is 0 Å². The molecule has 32 heavy (non-hydrogen) atoms. The van der Waals surface area contributed by atoms with Crippen LogP contribution in [0.25, 0.3) is 11.2 Å². The van der Waals surface area contributed by atoms with Crippen molar-refractivity contribution in [2.75, 3.05) is 16.2 Å². The van der Waals surface area contributed by atoms with Crippen LogP contribution in [0.4, 0.5) is 17.5 Å². The van der Waals surface area contributed by atoms with Crippen LogP contribution in [0.15, 0.2) is 24.5 Å². The molecule has 0 spiro atoms. The molecule has 2 saturated carbocycles. The van der Waals surface area contributed by atoms with Gasteiger partial charge in [-0.05, 0) is 56.7 Å². The van der Waals surface area contributed by atoms with Gasteiger partial charge in [0, 0.05) is 23.1 Å². The highest BCUT2D eigenvalue weighted by Gasteiger charge is 2.24. The normalized spacial score (nSPS) is 21.7. The highest BCUT2D eigenvalue weighted by molar-refractivity contribution is 6.36. The molecule has 0 unspecified atom stereocenters. The Morgan fingerprint density at radius 3 is 2.50 bits per heavy atom. The number of nitrogens with zero attached hydrogens (tertiary/aromatic N) is 4. The zero-order chi connectivity index (χ0) is 22.1. The number of rotatable bonds is 6. The lowest BCUT2D eigenvalue weighted by atomic mass is 9.92. The Balaban J connectivity index is 1.45. The van der Waals surface area contributed by atoms with E-state index in [9.17, 15) is 0 Å². The van der Waals surface area contributed by atoms with Gasteiger partial charge in [-0.3, -0.25) is 10.9 Å². The second-order valence-electron chi connectivity index (χ2n) is 8.79. The van der Waals surface area contributed by atoms with Gasteiger partial charge in [0.05, 0.1) is 17.0 Å². The lowest BCUT2D eigenvalue weighted by Gasteiger charge is -2.27. The minimum absolute atomic E-state index is 0.297. The third-order valence-electron chi connectivity index (χ3n) is 6.49. The van der Waals surface area contributed by atoms with Crippen molar-refractivity contribution >= 4 is 51.8 Å². The Bertz CT molecular complexity index is 1090. The molecule has 3 aromatic rings. The first-order chi connectivity index (χ1) is 15.6. The number of halogens is 2. The summed E-state index contributed by atoms with van der Waals surface area (Å²) in [5.41, 5.74) is 14.7. The maximum Gasteiger partial charge on any atom is 0.227 e. The zero-order valence-electron chi connectivity index (χ0n) is 17.8. The van der Waals surface area contributed by atoms with E-state index in [2.05, 4.69) is 25.7 Å². The molecule has 2 aliphatic rings. The van der Waals surface area contributed by atoms with Crippen LogP contribution in [0.5, 0.6) is 0 Å². The minimum Gasteiger partial charge on any atom is -0.351 e. The van der Waals surface area contributed by atoms with E-state index in [0.717, 1.165) is 49.7 Å². The van der Waals surface area contributed by atoms with Crippen LogP contribution < -0.4 is 21.9 Å². The van der Waals surface area contributed by atoms with Gasteiger partial charge in [-0.15, -0.1) is 0 Å². The van der Waals surface area contributed by atoms with Crippen LogP contribution in [0.1, 0.15) is 57.4 Å². The number of hydrogen-bond donors (Lipinski definition) is 4. The molecule has 10 heteroatoms. The second kappa shape index (κ2) is 9.29. The number of anilines is 3. The molecule has 0 aliphatic heterocycles.